The number of hydrogen-bond donors (Lipinski definition) is 1. The number of carbonyl (C=O) groups excluding carboxylic acids is 1. The number of amides is 1. The maximum absolute atomic E-state index is 12.3. The van der Waals surface area contributed by atoms with Gasteiger partial charge in [0.25, 0.3) is 0 Å². The van der Waals surface area contributed by atoms with Crippen molar-refractivity contribution in [2.45, 2.75) is 54.1 Å². The van der Waals surface area contributed by atoms with Crippen LogP contribution in [0.15, 0.2) is 24.3 Å². The normalized spacial score (nSPS) is 11.2. The second-order valence-corrected chi connectivity index (χ2v) is 6.62. The molecule has 0 saturated heterocycles. The van der Waals surface area contributed by atoms with E-state index in [1.807, 2.05) is 30.7 Å². The van der Waals surface area contributed by atoms with Crippen molar-refractivity contribution in [3.8, 4) is 0 Å². The Morgan fingerprint density at radius 3 is 2.56 bits per heavy atom. The first-order chi connectivity index (χ1) is 11.9. The zero-order chi connectivity index (χ0) is 18.1. The Hall–Kier alpha value is -2.56. The number of rotatable bonds is 5. The summed E-state index contributed by atoms with van der Waals surface area (Å²) in [5.74, 6) is 0.0104. The number of nitrogens with one attached hydrogen (secondary N) is 1. The smallest absolute Gasteiger partial charge is 0.226 e. The standard InChI is InChI=1S/C20H26N4O/c1-6-23-13(2)11-17-12-18(7-8-19(17)23)21-20(25)9-10-24-16(5)14(3)15(4)22-24/h7-8,11-12H,6,9-10H2,1-5H3,(H,21,25). The molecule has 0 radical (unpaired) electrons. The third-order valence-electron chi connectivity index (χ3n) is 5.00. The lowest BCUT2D eigenvalue weighted by Gasteiger charge is -2.08. The van der Waals surface area contributed by atoms with Crippen LogP contribution in [-0.2, 0) is 17.9 Å². The summed E-state index contributed by atoms with van der Waals surface area (Å²) in [5.41, 5.74) is 6.64. The molecule has 0 aliphatic rings. The van der Waals surface area contributed by atoms with Crippen molar-refractivity contribution in [1.29, 1.82) is 0 Å². The third kappa shape index (κ3) is 3.31. The van der Waals surface area contributed by atoms with Crippen molar-refractivity contribution >= 4 is 22.5 Å². The highest BCUT2D eigenvalue weighted by atomic mass is 16.1. The molecule has 1 N–H and O–H groups in total. The molecule has 0 spiro atoms. The lowest BCUT2D eigenvalue weighted by atomic mass is 10.2. The number of nitrogens with zero attached hydrogens (tertiary/aromatic N) is 3. The predicted octanol–water partition coefficient (Wildman–Crippen LogP) is 4.12. The quantitative estimate of drug-likeness (QED) is 0.761. The van der Waals surface area contributed by atoms with Crippen molar-refractivity contribution in [2.75, 3.05) is 5.32 Å². The van der Waals surface area contributed by atoms with Gasteiger partial charge in [0, 0.05) is 47.5 Å². The number of benzene rings is 1. The Balaban J connectivity index is 1.68. The summed E-state index contributed by atoms with van der Waals surface area (Å²) in [5, 5.41) is 8.65. The molecule has 0 unspecified atom stereocenters. The first kappa shape index (κ1) is 17.3. The van der Waals surface area contributed by atoms with Gasteiger partial charge in [0.2, 0.25) is 5.91 Å². The minimum atomic E-state index is 0.0104. The fraction of sp³-hybridized carbons (Fsp3) is 0.400. The van der Waals surface area contributed by atoms with E-state index < -0.39 is 0 Å². The number of fused-ring (bicyclic) bond motifs is 1. The molecule has 0 aliphatic heterocycles. The molecule has 0 bridgehead atoms. The van der Waals surface area contributed by atoms with E-state index in [1.54, 1.807) is 0 Å². The van der Waals surface area contributed by atoms with E-state index in [0.29, 0.717) is 13.0 Å². The van der Waals surface area contributed by atoms with Gasteiger partial charge in [0.15, 0.2) is 0 Å². The molecule has 0 saturated carbocycles. The number of anilines is 1. The summed E-state index contributed by atoms with van der Waals surface area (Å²) in [6, 6.07) is 8.25. The Kier molecular flexibility index (Phi) is 4.66. The molecule has 2 aromatic heterocycles. The van der Waals surface area contributed by atoms with Crippen molar-refractivity contribution in [3.63, 3.8) is 0 Å². The molecule has 25 heavy (non-hydrogen) atoms. The Morgan fingerprint density at radius 1 is 1.16 bits per heavy atom. The minimum absolute atomic E-state index is 0.0104. The molecule has 132 valence electrons. The SMILES string of the molecule is CCn1c(C)cc2cc(NC(=O)CCn3nc(C)c(C)c3C)ccc21. The van der Waals surface area contributed by atoms with Gasteiger partial charge in [-0.3, -0.25) is 9.48 Å². The number of aromatic nitrogens is 3. The van der Waals surface area contributed by atoms with Crippen molar-refractivity contribution < 1.29 is 4.79 Å². The lowest BCUT2D eigenvalue weighted by Crippen LogP contribution is -2.15. The van der Waals surface area contributed by atoms with Crippen LogP contribution in [0.2, 0.25) is 0 Å². The van der Waals surface area contributed by atoms with E-state index in [-0.39, 0.29) is 5.91 Å². The highest BCUT2D eigenvalue weighted by Crippen LogP contribution is 2.23. The van der Waals surface area contributed by atoms with Gasteiger partial charge in [-0.2, -0.15) is 5.10 Å². The molecule has 3 aromatic rings. The molecule has 0 fully saturated rings. The van der Waals surface area contributed by atoms with E-state index in [4.69, 9.17) is 0 Å². The number of aryl methyl sites for hydroxylation is 4. The Labute approximate surface area is 148 Å². The molecule has 0 atom stereocenters. The summed E-state index contributed by atoms with van der Waals surface area (Å²) in [6.07, 6.45) is 0.411. The van der Waals surface area contributed by atoms with Gasteiger partial charge in [-0.1, -0.05) is 0 Å². The van der Waals surface area contributed by atoms with Crippen LogP contribution in [0.3, 0.4) is 0 Å². The number of hydrogen-bond acceptors (Lipinski definition) is 2. The molecule has 3 rings (SSSR count). The van der Waals surface area contributed by atoms with E-state index in [9.17, 15) is 4.79 Å². The van der Waals surface area contributed by atoms with Crippen LogP contribution < -0.4 is 5.32 Å². The first-order valence-corrected chi connectivity index (χ1v) is 8.81. The zero-order valence-electron chi connectivity index (χ0n) is 15.7. The first-order valence-electron chi connectivity index (χ1n) is 8.81. The maximum atomic E-state index is 12.3. The van der Waals surface area contributed by atoms with Crippen molar-refractivity contribution in [1.82, 2.24) is 14.3 Å². The van der Waals surface area contributed by atoms with E-state index in [1.165, 1.54) is 16.8 Å². The van der Waals surface area contributed by atoms with Gasteiger partial charge in [0.05, 0.1) is 5.69 Å². The van der Waals surface area contributed by atoms with Crippen LogP contribution in [0.5, 0.6) is 0 Å². The maximum Gasteiger partial charge on any atom is 0.226 e. The molecule has 2 heterocycles. The second-order valence-electron chi connectivity index (χ2n) is 6.62. The van der Waals surface area contributed by atoms with Gasteiger partial charge in [0.1, 0.15) is 0 Å². The minimum Gasteiger partial charge on any atom is -0.345 e. The summed E-state index contributed by atoms with van der Waals surface area (Å²) >= 11 is 0. The fourth-order valence-corrected chi connectivity index (χ4v) is 3.34. The van der Waals surface area contributed by atoms with E-state index >= 15 is 0 Å². The lowest BCUT2D eigenvalue weighted by molar-refractivity contribution is -0.116. The van der Waals surface area contributed by atoms with E-state index in [2.05, 4.69) is 47.9 Å². The van der Waals surface area contributed by atoms with Crippen LogP contribution in [0.4, 0.5) is 5.69 Å². The van der Waals surface area contributed by atoms with Crippen LogP contribution in [0, 0.1) is 27.7 Å². The van der Waals surface area contributed by atoms with Gasteiger partial charge >= 0.3 is 0 Å². The van der Waals surface area contributed by atoms with Gasteiger partial charge in [-0.25, -0.2) is 0 Å². The topological polar surface area (TPSA) is 51.9 Å². The van der Waals surface area contributed by atoms with Crippen molar-refractivity contribution in [2.24, 2.45) is 0 Å². The predicted molar refractivity (Wildman–Crippen MR) is 102 cm³/mol. The summed E-state index contributed by atoms with van der Waals surface area (Å²) in [6.45, 7) is 11.9. The average Bonchev–Trinajstić information content (AvgIpc) is 3.02. The van der Waals surface area contributed by atoms with Crippen LogP contribution in [0.1, 0.15) is 36.0 Å². The molecule has 0 aliphatic carbocycles. The summed E-state index contributed by atoms with van der Waals surface area (Å²) in [4.78, 5) is 12.3. The molecular weight excluding hydrogens is 312 g/mol. The highest BCUT2D eigenvalue weighted by Gasteiger charge is 2.10. The fourth-order valence-electron chi connectivity index (χ4n) is 3.34. The Bertz CT molecular complexity index is 933. The monoisotopic (exact) mass is 338 g/mol. The molecule has 1 amide bonds. The largest absolute Gasteiger partial charge is 0.345 e. The number of carbonyl (C=O) groups is 1. The highest BCUT2D eigenvalue weighted by molar-refractivity contribution is 5.94. The molecule has 5 nitrogen and oxygen atoms in total. The summed E-state index contributed by atoms with van der Waals surface area (Å²) < 4.78 is 4.18. The zero-order valence-corrected chi connectivity index (χ0v) is 15.7. The van der Waals surface area contributed by atoms with Crippen LogP contribution in [-0.4, -0.2) is 20.3 Å². The Morgan fingerprint density at radius 2 is 1.92 bits per heavy atom. The van der Waals surface area contributed by atoms with Crippen molar-refractivity contribution in [3.05, 3.63) is 46.9 Å². The third-order valence-corrected chi connectivity index (χ3v) is 5.00. The van der Waals surface area contributed by atoms with Gasteiger partial charge in [-0.05, 0) is 64.4 Å². The van der Waals surface area contributed by atoms with Gasteiger partial charge in [-0.15, -0.1) is 0 Å². The summed E-state index contributed by atoms with van der Waals surface area (Å²) in [7, 11) is 0. The van der Waals surface area contributed by atoms with Crippen LogP contribution >= 0.6 is 0 Å². The molecule has 5 heteroatoms. The average molecular weight is 338 g/mol. The van der Waals surface area contributed by atoms with E-state index in [0.717, 1.165) is 29.0 Å². The van der Waals surface area contributed by atoms with Gasteiger partial charge < -0.3 is 9.88 Å². The molecular formula is C20H26N4O. The second kappa shape index (κ2) is 6.75. The van der Waals surface area contributed by atoms with Crippen LogP contribution in [0.25, 0.3) is 10.9 Å². The molecule has 1 aromatic carbocycles.